The van der Waals surface area contributed by atoms with Crippen molar-refractivity contribution < 1.29 is 33.4 Å². The van der Waals surface area contributed by atoms with Gasteiger partial charge in [-0.2, -0.15) is 8.78 Å². The fourth-order valence-electron chi connectivity index (χ4n) is 1.94. The van der Waals surface area contributed by atoms with E-state index in [0.29, 0.717) is 25.4 Å². The van der Waals surface area contributed by atoms with Crippen molar-refractivity contribution in [2.45, 2.75) is 13.1 Å². The molecule has 130 valence electrons. The van der Waals surface area contributed by atoms with Gasteiger partial charge in [-0.05, 0) is 6.08 Å². The topological polar surface area (TPSA) is 113 Å². The number of rotatable bonds is 5. The maximum atomic E-state index is 12.0. The Balaban J connectivity index is 0.000000307. The second kappa shape index (κ2) is 9.18. The number of carbonyl (C=O) groups is 3. The maximum Gasteiger partial charge on any atom is 0.328 e. The van der Waals surface area contributed by atoms with Crippen molar-refractivity contribution in [2.75, 3.05) is 6.54 Å². The molecule has 10 heteroatoms. The van der Waals surface area contributed by atoms with E-state index in [1.165, 1.54) is 0 Å². The first-order chi connectivity index (χ1) is 11.3. The average molecular weight is 343 g/mol. The molecule has 0 spiro atoms. The fourth-order valence-corrected chi connectivity index (χ4v) is 1.94. The van der Waals surface area contributed by atoms with E-state index in [1.54, 1.807) is 28.2 Å². The lowest BCUT2D eigenvalue weighted by atomic mass is 10.1. The molecular formula is C14H15F2N3O5. The summed E-state index contributed by atoms with van der Waals surface area (Å²) in [7, 11) is 0. The number of imidazole rings is 1. The van der Waals surface area contributed by atoms with Crippen molar-refractivity contribution in [3.63, 3.8) is 0 Å². The second-order valence-corrected chi connectivity index (χ2v) is 4.76. The minimum absolute atomic E-state index is 0.101. The number of halogens is 2. The molecule has 1 aliphatic heterocycles. The van der Waals surface area contributed by atoms with Crippen LogP contribution in [0.25, 0.3) is 0 Å². The highest BCUT2D eigenvalue weighted by molar-refractivity contribution is 5.89. The van der Waals surface area contributed by atoms with Crippen LogP contribution in [0.4, 0.5) is 8.78 Å². The zero-order valence-electron chi connectivity index (χ0n) is 12.4. The number of carboxylic acid groups (broad SMARTS) is 2. The Morgan fingerprint density at radius 2 is 1.92 bits per heavy atom. The van der Waals surface area contributed by atoms with Crippen LogP contribution in [-0.4, -0.2) is 49.1 Å². The van der Waals surface area contributed by atoms with Crippen LogP contribution in [0.1, 0.15) is 6.42 Å². The second-order valence-electron chi connectivity index (χ2n) is 4.76. The molecule has 0 bridgehead atoms. The van der Waals surface area contributed by atoms with Crippen molar-refractivity contribution in [1.29, 1.82) is 0 Å². The summed E-state index contributed by atoms with van der Waals surface area (Å²) in [5.74, 6) is -2.99. The number of hydrogen-bond acceptors (Lipinski definition) is 4. The minimum Gasteiger partial charge on any atom is -0.478 e. The van der Waals surface area contributed by atoms with E-state index in [1.807, 2.05) is 0 Å². The van der Waals surface area contributed by atoms with Crippen LogP contribution >= 0.6 is 0 Å². The molecule has 24 heavy (non-hydrogen) atoms. The van der Waals surface area contributed by atoms with Gasteiger partial charge in [-0.1, -0.05) is 0 Å². The van der Waals surface area contributed by atoms with Gasteiger partial charge in [0.05, 0.1) is 13.0 Å². The summed E-state index contributed by atoms with van der Waals surface area (Å²) in [6.07, 6.45) is 5.34. The Bertz CT molecular complexity index is 623. The first-order valence-corrected chi connectivity index (χ1v) is 6.68. The first-order valence-electron chi connectivity index (χ1n) is 6.68. The van der Waals surface area contributed by atoms with E-state index in [9.17, 15) is 23.2 Å². The number of amides is 1. The Morgan fingerprint density at radius 1 is 1.29 bits per heavy atom. The van der Waals surface area contributed by atoms with Crippen LogP contribution in [0.3, 0.4) is 0 Å². The van der Waals surface area contributed by atoms with Crippen LogP contribution in [0.2, 0.25) is 0 Å². The van der Waals surface area contributed by atoms with Gasteiger partial charge in [-0.25, -0.2) is 14.6 Å². The Hall–Kier alpha value is -3.04. The summed E-state index contributed by atoms with van der Waals surface area (Å²) in [5.41, 5.74) is 0. The molecule has 1 fully saturated rings. The van der Waals surface area contributed by atoms with Crippen LogP contribution in [0.15, 0.2) is 43.0 Å². The van der Waals surface area contributed by atoms with Gasteiger partial charge >= 0.3 is 11.9 Å². The molecule has 8 nitrogen and oxygen atoms in total. The van der Waals surface area contributed by atoms with Gasteiger partial charge in [0, 0.05) is 43.4 Å². The first kappa shape index (κ1) is 19.0. The molecular weight excluding hydrogens is 328 g/mol. The highest BCUT2D eigenvalue weighted by atomic mass is 19.3. The predicted molar refractivity (Wildman–Crippen MR) is 76.8 cm³/mol. The van der Waals surface area contributed by atoms with Gasteiger partial charge in [0.15, 0.2) is 0 Å². The van der Waals surface area contributed by atoms with Crippen LogP contribution < -0.4 is 0 Å². The van der Waals surface area contributed by atoms with Crippen molar-refractivity contribution in [2.24, 2.45) is 5.92 Å². The van der Waals surface area contributed by atoms with Crippen LogP contribution in [0.5, 0.6) is 0 Å². The summed E-state index contributed by atoms with van der Waals surface area (Å²) >= 11 is 0. The van der Waals surface area contributed by atoms with Gasteiger partial charge in [0.1, 0.15) is 0 Å². The van der Waals surface area contributed by atoms with E-state index in [2.05, 4.69) is 4.98 Å². The molecule has 0 aliphatic carbocycles. The van der Waals surface area contributed by atoms with Crippen molar-refractivity contribution in [3.05, 3.63) is 43.0 Å². The van der Waals surface area contributed by atoms with Crippen molar-refractivity contribution >= 4 is 17.8 Å². The summed E-state index contributed by atoms with van der Waals surface area (Å²) in [6, 6.07) is 0. The summed E-state index contributed by atoms with van der Waals surface area (Å²) in [5, 5.41) is 15.6. The van der Waals surface area contributed by atoms with E-state index in [-0.39, 0.29) is 18.2 Å². The lowest BCUT2D eigenvalue weighted by Gasteiger charge is -2.16. The quantitative estimate of drug-likeness (QED) is 0.776. The third kappa shape index (κ3) is 7.29. The fraction of sp³-hybridized carbons (Fsp3) is 0.286. The zero-order valence-corrected chi connectivity index (χ0v) is 12.4. The number of nitrogens with zero attached hydrogens (tertiary/aromatic N) is 3. The molecule has 1 saturated heterocycles. The van der Waals surface area contributed by atoms with E-state index < -0.39 is 18.0 Å². The molecule has 1 aliphatic rings. The molecule has 0 saturated carbocycles. The van der Waals surface area contributed by atoms with E-state index in [0.717, 1.165) is 6.08 Å². The molecule has 1 aromatic rings. The number of aromatic nitrogens is 2. The number of hydrogen-bond donors (Lipinski definition) is 2. The minimum atomic E-state index is -1.72. The van der Waals surface area contributed by atoms with E-state index in [4.69, 9.17) is 10.2 Å². The van der Waals surface area contributed by atoms with E-state index >= 15 is 0 Å². The maximum absolute atomic E-state index is 12.0. The normalized spacial score (nSPS) is 16.7. The van der Waals surface area contributed by atoms with Crippen LogP contribution in [-0.2, 0) is 21.1 Å². The summed E-state index contributed by atoms with van der Waals surface area (Å²) < 4.78 is 25.8. The Labute approximate surface area is 135 Å². The molecule has 1 unspecified atom stereocenters. The number of aliphatic carboxylic acids is 2. The average Bonchev–Trinajstić information content (AvgIpc) is 3.08. The molecule has 0 aromatic carbocycles. The number of likely N-dealkylation sites (tertiary alicyclic amines) is 1. The van der Waals surface area contributed by atoms with Crippen LogP contribution in [0, 0.1) is 5.92 Å². The van der Waals surface area contributed by atoms with Crippen molar-refractivity contribution in [1.82, 2.24) is 14.5 Å². The van der Waals surface area contributed by atoms with Gasteiger partial charge in [0.25, 0.3) is 6.08 Å². The highest BCUT2D eigenvalue weighted by Crippen LogP contribution is 2.21. The molecule has 2 N–H and O–H groups in total. The molecule has 2 heterocycles. The molecule has 1 aromatic heterocycles. The third-order valence-corrected chi connectivity index (χ3v) is 2.87. The zero-order chi connectivity index (χ0) is 18.1. The number of carbonyl (C=O) groups excluding carboxylic acids is 1. The van der Waals surface area contributed by atoms with Gasteiger partial charge in [-0.3, -0.25) is 4.79 Å². The summed E-state index contributed by atoms with van der Waals surface area (Å²) in [6.45, 7) is 0.714. The predicted octanol–water partition coefficient (Wildman–Crippen LogP) is 1.18. The summed E-state index contributed by atoms with van der Waals surface area (Å²) in [4.78, 5) is 36.0. The standard InChI is InChI=1S/C10H11F2N3O.C4H4O4/c11-9(12)3-8-4-10(16)15(5-8)7-14-2-1-13-6-14;5-3(6)1-2-4(7)8/h1-3,6,8H,4-5,7H2;1-2H,(H,5,6)(H,7,8). The third-order valence-electron chi connectivity index (χ3n) is 2.87. The monoisotopic (exact) mass is 343 g/mol. The molecule has 0 radical (unpaired) electrons. The SMILES string of the molecule is O=C(O)C=CC(=O)O.O=C1CC(C=C(F)F)CN1Cn1ccnc1. The smallest absolute Gasteiger partial charge is 0.328 e. The lowest BCUT2D eigenvalue weighted by Crippen LogP contribution is -2.27. The highest BCUT2D eigenvalue weighted by Gasteiger charge is 2.28. The lowest BCUT2D eigenvalue weighted by molar-refractivity contribution is -0.134. The molecule has 1 amide bonds. The van der Waals surface area contributed by atoms with Crippen molar-refractivity contribution in [3.8, 4) is 0 Å². The van der Waals surface area contributed by atoms with Gasteiger partial charge in [-0.15, -0.1) is 0 Å². The Morgan fingerprint density at radius 3 is 2.38 bits per heavy atom. The van der Waals surface area contributed by atoms with Gasteiger partial charge < -0.3 is 19.7 Å². The largest absolute Gasteiger partial charge is 0.478 e. The number of carboxylic acids is 2. The Kier molecular flexibility index (Phi) is 7.27. The molecule has 2 rings (SSSR count). The van der Waals surface area contributed by atoms with Gasteiger partial charge in [0.2, 0.25) is 5.91 Å². The molecule has 1 atom stereocenters.